The SMILES string of the molecule is CCc1ncc(CN[C@@H](C)CO)s1. The molecule has 0 aliphatic rings. The van der Waals surface area contributed by atoms with E-state index in [1.807, 2.05) is 13.1 Å². The first-order chi connectivity index (χ1) is 6.26. The van der Waals surface area contributed by atoms with Crippen molar-refractivity contribution in [3.63, 3.8) is 0 Å². The lowest BCUT2D eigenvalue weighted by Gasteiger charge is -2.08. The molecule has 0 unspecified atom stereocenters. The molecule has 1 aromatic rings. The molecule has 0 aliphatic carbocycles. The van der Waals surface area contributed by atoms with Crippen LogP contribution in [0, 0.1) is 0 Å². The normalized spacial score (nSPS) is 13.2. The molecule has 1 atom stereocenters. The van der Waals surface area contributed by atoms with Gasteiger partial charge in [0.05, 0.1) is 11.6 Å². The summed E-state index contributed by atoms with van der Waals surface area (Å²) in [5.41, 5.74) is 0. The second-order valence-corrected chi connectivity index (χ2v) is 4.24. The highest BCUT2D eigenvalue weighted by atomic mass is 32.1. The van der Waals surface area contributed by atoms with Crippen LogP contribution in [0.1, 0.15) is 23.7 Å². The van der Waals surface area contributed by atoms with Crippen LogP contribution < -0.4 is 5.32 Å². The van der Waals surface area contributed by atoms with E-state index in [0.29, 0.717) is 0 Å². The number of aryl methyl sites for hydroxylation is 1. The fraction of sp³-hybridized carbons (Fsp3) is 0.667. The summed E-state index contributed by atoms with van der Waals surface area (Å²) in [7, 11) is 0. The number of rotatable bonds is 5. The third kappa shape index (κ3) is 3.42. The Hall–Kier alpha value is -0.450. The van der Waals surface area contributed by atoms with Crippen molar-refractivity contribution in [2.24, 2.45) is 0 Å². The number of nitrogens with zero attached hydrogens (tertiary/aromatic N) is 1. The van der Waals surface area contributed by atoms with Crippen LogP contribution in [0.4, 0.5) is 0 Å². The van der Waals surface area contributed by atoms with Crippen LogP contribution in [0.2, 0.25) is 0 Å². The molecule has 0 saturated carbocycles. The highest BCUT2D eigenvalue weighted by Crippen LogP contribution is 2.12. The van der Waals surface area contributed by atoms with Crippen molar-refractivity contribution in [1.29, 1.82) is 0 Å². The van der Waals surface area contributed by atoms with E-state index in [4.69, 9.17) is 5.11 Å². The molecule has 0 bridgehead atoms. The number of aliphatic hydroxyl groups excluding tert-OH is 1. The van der Waals surface area contributed by atoms with E-state index in [1.165, 1.54) is 9.88 Å². The summed E-state index contributed by atoms with van der Waals surface area (Å²) in [6, 6.07) is 0.159. The van der Waals surface area contributed by atoms with Crippen molar-refractivity contribution >= 4 is 11.3 Å². The van der Waals surface area contributed by atoms with Crippen LogP contribution in [0.15, 0.2) is 6.20 Å². The number of thiazole rings is 1. The minimum atomic E-state index is 0.159. The van der Waals surface area contributed by atoms with Crippen LogP contribution in [-0.2, 0) is 13.0 Å². The van der Waals surface area contributed by atoms with E-state index >= 15 is 0 Å². The molecule has 0 amide bonds. The molecule has 0 radical (unpaired) electrons. The van der Waals surface area contributed by atoms with Gasteiger partial charge in [-0.1, -0.05) is 6.92 Å². The Morgan fingerprint density at radius 1 is 1.69 bits per heavy atom. The predicted octanol–water partition coefficient (Wildman–Crippen LogP) is 1.18. The van der Waals surface area contributed by atoms with Gasteiger partial charge >= 0.3 is 0 Å². The summed E-state index contributed by atoms with van der Waals surface area (Å²) in [6.45, 7) is 5.05. The Balaban J connectivity index is 2.36. The molecular formula is C9H16N2OS. The minimum Gasteiger partial charge on any atom is -0.395 e. The molecule has 0 saturated heterocycles. The summed E-state index contributed by atoms with van der Waals surface area (Å²) in [4.78, 5) is 5.49. The summed E-state index contributed by atoms with van der Waals surface area (Å²) >= 11 is 1.73. The monoisotopic (exact) mass is 200 g/mol. The summed E-state index contributed by atoms with van der Waals surface area (Å²) in [5, 5.41) is 13.2. The standard InChI is InChI=1S/C9H16N2OS/c1-3-9-11-5-8(13-9)4-10-7(2)6-12/h5,7,10,12H,3-4,6H2,1-2H3/t7-/m0/s1. The number of aliphatic hydroxyl groups is 1. The van der Waals surface area contributed by atoms with Crippen molar-refractivity contribution in [2.75, 3.05) is 6.61 Å². The molecular weight excluding hydrogens is 184 g/mol. The zero-order valence-corrected chi connectivity index (χ0v) is 8.90. The molecule has 0 aromatic carbocycles. The molecule has 3 nitrogen and oxygen atoms in total. The van der Waals surface area contributed by atoms with Gasteiger partial charge < -0.3 is 10.4 Å². The first-order valence-electron chi connectivity index (χ1n) is 4.54. The lowest BCUT2D eigenvalue weighted by Crippen LogP contribution is -2.28. The number of nitrogens with one attached hydrogen (secondary N) is 1. The Bertz CT molecular complexity index is 250. The summed E-state index contributed by atoms with van der Waals surface area (Å²) < 4.78 is 0. The molecule has 74 valence electrons. The largest absolute Gasteiger partial charge is 0.395 e. The molecule has 1 heterocycles. The second-order valence-electron chi connectivity index (χ2n) is 3.04. The summed E-state index contributed by atoms with van der Waals surface area (Å²) in [6.07, 6.45) is 2.90. The fourth-order valence-electron chi connectivity index (χ4n) is 0.933. The van der Waals surface area contributed by atoms with Crippen molar-refractivity contribution in [2.45, 2.75) is 32.9 Å². The van der Waals surface area contributed by atoms with Crippen LogP contribution >= 0.6 is 11.3 Å². The maximum Gasteiger partial charge on any atom is 0.0925 e. The van der Waals surface area contributed by atoms with Crippen molar-refractivity contribution in [1.82, 2.24) is 10.3 Å². The number of hydrogen-bond donors (Lipinski definition) is 2. The topological polar surface area (TPSA) is 45.2 Å². The molecule has 2 N–H and O–H groups in total. The Morgan fingerprint density at radius 3 is 3.00 bits per heavy atom. The van der Waals surface area contributed by atoms with Crippen molar-refractivity contribution < 1.29 is 5.11 Å². The highest BCUT2D eigenvalue weighted by molar-refractivity contribution is 7.11. The van der Waals surface area contributed by atoms with E-state index in [2.05, 4.69) is 17.2 Å². The van der Waals surface area contributed by atoms with Crippen molar-refractivity contribution in [3.8, 4) is 0 Å². The smallest absolute Gasteiger partial charge is 0.0925 e. The maximum atomic E-state index is 8.79. The van der Waals surface area contributed by atoms with E-state index < -0.39 is 0 Å². The van der Waals surface area contributed by atoms with Crippen LogP contribution in [0.25, 0.3) is 0 Å². The van der Waals surface area contributed by atoms with Gasteiger partial charge in [0.2, 0.25) is 0 Å². The third-order valence-corrected chi connectivity index (χ3v) is 2.94. The van der Waals surface area contributed by atoms with E-state index in [1.54, 1.807) is 11.3 Å². The molecule has 0 aliphatic heterocycles. The molecule has 13 heavy (non-hydrogen) atoms. The lowest BCUT2D eigenvalue weighted by atomic mass is 10.3. The average molecular weight is 200 g/mol. The Kier molecular flexibility index (Phi) is 4.35. The lowest BCUT2D eigenvalue weighted by molar-refractivity contribution is 0.251. The fourth-order valence-corrected chi connectivity index (χ4v) is 1.75. The first-order valence-corrected chi connectivity index (χ1v) is 5.35. The highest BCUT2D eigenvalue weighted by Gasteiger charge is 2.02. The van der Waals surface area contributed by atoms with Crippen LogP contribution in [-0.4, -0.2) is 22.7 Å². The molecule has 1 rings (SSSR count). The zero-order chi connectivity index (χ0) is 9.68. The van der Waals surface area contributed by atoms with E-state index in [0.717, 1.165) is 13.0 Å². The third-order valence-electron chi connectivity index (χ3n) is 1.80. The van der Waals surface area contributed by atoms with Crippen LogP contribution in [0.5, 0.6) is 0 Å². The van der Waals surface area contributed by atoms with Gasteiger partial charge in [-0.05, 0) is 13.3 Å². The second kappa shape index (κ2) is 5.32. The van der Waals surface area contributed by atoms with Crippen LogP contribution in [0.3, 0.4) is 0 Å². The maximum absolute atomic E-state index is 8.79. The number of hydrogen-bond acceptors (Lipinski definition) is 4. The van der Waals surface area contributed by atoms with Gasteiger partial charge in [0.15, 0.2) is 0 Å². The molecule has 1 aromatic heterocycles. The van der Waals surface area contributed by atoms with Gasteiger partial charge in [-0.3, -0.25) is 0 Å². The predicted molar refractivity (Wildman–Crippen MR) is 54.9 cm³/mol. The zero-order valence-electron chi connectivity index (χ0n) is 8.08. The molecule has 0 fully saturated rings. The van der Waals surface area contributed by atoms with Gasteiger partial charge in [-0.15, -0.1) is 11.3 Å². The Labute approximate surface area is 82.8 Å². The van der Waals surface area contributed by atoms with E-state index in [-0.39, 0.29) is 12.6 Å². The van der Waals surface area contributed by atoms with Gasteiger partial charge in [-0.2, -0.15) is 0 Å². The number of aromatic nitrogens is 1. The molecule has 4 heteroatoms. The van der Waals surface area contributed by atoms with Gasteiger partial charge in [0.25, 0.3) is 0 Å². The molecule has 0 spiro atoms. The first kappa shape index (κ1) is 10.6. The quantitative estimate of drug-likeness (QED) is 0.750. The Morgan fingerprint density at radius 2 is 2.46 bits per heavy atom. The van der Waals surface area contributed by atoms with Crippen molar-refractivity contribution in [3.05, 3.63) is 16.1 Å². The van der Waals surface area contributed by atoms with E-state index in [9.17, 15) is 0 Å². The van der Waals surface area contributed by atoms with Gasteiger partial charge in [0.1, 0.15) is 0 Å². The summed E-state index contributed by atoms with van der Waals surface area (Å²) in [5.74, 6) is 0. The minimum absolute atomic E-state index is 0.159. The average Bonchev–Trinajstić information content (AvgIpc) is 2.61. The van der Waals surface area contributed by atoms with Gasteiger partial charge in [-0.25, -0.2) is 4.98 Å². The van der Waals surface area contributed by atoms with Gasteiger partial charge in [0, 0.05) is 23.7 Å².